The Bertz CT molecular complexity index is 474. The van der Waals surface area contributed by atoms with Crippen LogP contribution in [0.5, 0.6) is 0 Å². The number of nitrogens with two attached hydrogens (primary N) is 1. The zero-order valence-corrected chi connectivity index (χ0v) is 12.5. The van der Waals surface area contributed by atoms with Crippen molar-refractivity contribution in [2.75, 3.05) is 31.1 Å². The lowest BCUT2D eigenvalue weighted by molar-refractivity contribution is -0.133. The van der Waals surface area contributed by atoms with E-state index in [2.05, 4.69) is 11.9 Å². The maximum atomic E-state index is 13.7. The highest BCUT2D eigenvalue weighted by molar-refractivity contribution is 5.81. The van der Waals surface area contributed by atoms with Crippen molar-refractivity contribution in [1.29, 1.82) is 0 Å². The first kappa shape index (κ1) is 15.7. The first-order valence-corrected chi connectivity index (χ1v) is 7.53. The van der Waals surface area contributed by atoms with E-state index in [1.54, 1.807) is 17.2 Å². The van der Waals surface area contributed by atoms with Gasteiger partial charge in [0.15, 0.2) is 11.6 Å². The fourth-order valence-electron chi connectivity index (χ4n) is 2.53. The fourth-order valence-corrected chi connectivity index (χ4v) is 2.53. The van der Waals surface area contributed by atoms with Crippen LogP contribution in [0.2, 0.25) is 0 Å². The van der Waals surface area contributed by atoms with Gasteiger partial charge in [-0.05, 0) is 18.6 Å². The highest BCUT2D eigenvalue weighted by atomic mass is 19.1. The lowest BCUT2D eigenvalue weighted by Gasteiger charge is -2.36. The van der Waals surface area contributed by atoms with E-state index < -0.39 is 6.04 Å². The number of hydrogen-bond donors (Lipinski definition) is 1. The van der Waals surface area contributed by atoms with E-state index in [-0.39, 0.29) is 11.7 Å². The average Bonchev–Trinajstić information content (AvgIpc) is 2.52. The van der Waals surface area contributed by atoms with Crippen LogP contribution >= 0.6 is 0 Å². The lowest BCUT2D eigenvalue weighted by Crippen LogP contribution is -2.53. The Morgan fingerprint density at radius 3 is 2.76 bits per heavy atom. The largest absolute Gasteiger partial charge is 0.351 e. The summed E-state index contributed by atoms with van der Waals surface area (Å²) in [6.45, 7) is 4.38. The SMILES string of the molecule is CCCC[C@@H](N)C(=O)N1CCN(c2ncccc2F)CC1. The molecule has 6 heteroatoms. The van der Waals surface area contributed by atoms with E-state index in [1.807, 2.05) is 4.90 Å². The van der Waals surface area contributed by atoms with Gasteiger partial charge >= 0.3 is 0 Å². The molecule has 0 spiro atoms. The summed E-state index contributed by atoms with van der Waals surface area (Å²) >= 11 is 0. The minimum Gasteiger partial charge on any atom is -0.351 e. The number of amides is 1. The van der Waals surface area contributed by atoms with Crippen molar-refractivity contribution < 1.29 is 9.18 Å². The Balaban J connectivity index is 1.88. The summed E-state index contributed by atoms with van der Waals surface area (Å²) in [5.41, 5.74) is 5.93. The number of unbranched alkanes of at least 4 members (excludes halogenated alkanes) is 1. The zero-order chi connectivity index (χ0) is 15.2. The molecule has 1 atom stereocenters. The molecule has 0 saturated carbocycles. The fraction of sp³-hybridized carbons (Fsp3) is 0.600. The van der Waals surface area contributed by atoms with E-state index in [0.717, 1.165) is 19.3 Å². The number of pyridine rings is 1. The number of hydrogen-bond acceptors (Lipinski definition) is 4. The van der Waals surface area contributed by atoms with Crippen LogP contribution in [-0.4, -0.2) is 48.0 Å². The predicted octanol–water partition coefficient (Wildman–Crippen LogP) is 1.39. The van der Waals surface area contributed by atoms with Gasteiger partial charge in [0.2, 0.25) is 5.91 Å². The van der Waals surface area contributed by atoms with Gasteiger partial charge in [-0.2, -0.15) is 0 Å². The summed E-state index contributed by atoms with van der Waals surface area (Å²) in [6, 6.07) is 2.56. The molecule has 1 fully saturated rings. The first-order valence-electron chi connectivity index (χ1n) is 7.53. The zero-order valence-electron chi connectivity index (χ0n) is 12.5. The third kappa shape index (κ3) is 3.91. The van der Waals surface area contributed by atoms with Crippen LogP contribution in [0.1, 0.15) is 26.2 Å². The molecule has 5 nitrogen and oxygen atoms in total. The number of carbonyl (C=O) groups is 1. The second kappa shape index (κ2) is 7.36. The van der Waals surface area contributed by atoms with Crippen LogP contribution in [0, 0.1) is 5.82 Å². The van der Waals surface area contributed by atoms with Gasteiger partial charge in [-0.3, -0.25) is 4.79 Å². The molecule has 1 aliphatic heterocycles. The number of aromatic nitrogens is 1. The van der Waals surface area contributed by atoms with Crippen LogP contribution in [0.15, 0.2) is 18.3 Å². The molecule has 2 rings (SSSR count). The summed E-state index contributed by atoms with van der Waals surface area (Å²) in [4.78, 5) is 19.9. The number of anilines is 1. The molecule has 0 bridgehead atoms. The predicted molar refractivity (Wildman–Crippen MR) is 80.5 cm³/mol. The van der Waals surface area contributed by atoms with E-state index in [4.69, 9.17) is 5.73 Å². The van der Waals surface area contributed by atoms with Crippen molar-refractivity contribution in [1.82, 2.24) is 9.88 Å². The average molecular weight is 294 g/mol. The van der Waals surface area contributed by atoms with Crippen molar-refractivity contribution in [2.45, 2.75) is 32.2 Å². The molecule has 1 aliphatic rings. The van der Waals surface area contributed by atoms with Gasteiger partial charge in [0, 0.05) is 32.4 Å². The monoisotopic (exact) mass is 294 g/mol. The second-order valence-electron chi connectivity index (χ2n) is 5.37. The molecule has 2 heterocycles. The van der Waals surface area contributed by atoms with Gasteiger partial charge in [-0.25, -0.2) is 9.37 Å². The first-order chi connectivity index (χ1) is 10.1. The van der Waals surface area contributed by atoms with Crippen molar-refractivity contribution >= 4 is 11.7 Å². The minimum atomic E-state index is -0.414. The van der Waals surface area contributed by atoms with Crippen molar-refractivity contribution in [3.63, 3.8) is 0 Å². The Labute approximate surface area is 124 Å². The van der Waals surface area contributed by atoms with E-state index in [0.29, 0.717) is 32.0 Å². The molecular formula is C15H23FN4O. The molecule has 0 aromatic carbocycles. The van der Waals surface area contributed by atoms with Gasteiger partial charge in [0.05, 0.1) is 6.04 Å². The standard InChI is InChI=1S/C15H23FN4O/c1-2-3-6-13(17)15(21)20-10-8-19(9-11-20)14-12(16)5-4-7-18-14/h4-5,7,13H,2-3,6,8-11,17H2,1H3/t13-/m1/s1. The van der Waals surface area contributed by atoms with Crippen LogP contribution in [0.25, 0.3) is 0 Å². The van der Waals surface area contributed by atoms with Crippen LogP contribution in [0.4, 0.5) is 10.2 Å². The van der Waals surface area contributed by atoms with Gasteiger partial charge < -0.3 is 15.5 Å². The van der Waals surface area contributed by atoms with Crippen molar-refractivity contribution in [3.8, 4) is 0 Å². The Morgan fingerprint density at radius 2 is 2.14 bits per heavy atom. The Morgan fingerprint density at radius 1 is 1.43 bits per heavy atom. The molecule has 1 aromatic heterocycles. The molecule has 1 aromatic rings. The molecule has 0 aliphatic carbocycles. The molecule has 1 amide bonds. The highest BCUT2D eigenvalue weighted by Gasteiger charge is 2.26. The molecule has 116 valence electrons. The summed E-state index contributed by atoms with van der Waals surface area (Å²) in [6.07, 6.45) is 4.31. The second-order valence-corrected chi connectivity index (χ2v) is 5.37. The van der Waals surface area contributed by atoms with E-state index >= 15 is 0 Å². The summed E-state index contributed by atoms with van der Waals surface area (Å²) in [7, 11) is 0. The molecular weight excluding hydrogens is 271 g/mol. The third-order valence-corrected chi connectivity index (χ3v) is 3.82. The van der Waals surface area contributed by atoms with Crippen LogP contribution < -0.4 is 10.6 Å². The third-order valence-electron chi connectivity index (χ3n) is 3.82. The summed E-state index contributed by atoms with van der Waals surface area (Å²) < 4.78 is 13.7. The van der Waals surface area contributed by atoms with Gasteiger partial charge in [0.25, 0.3) is 0 Å². The number of piperazine rings is 1. The Hall–Kier alpha value is -1.69. The molecule has 21 heavy (non-hydrogen) atoms. The number of nitrogens with zero attached hydrogens (tertiary/aromatic N) is 3. The maximum absolute atomic E-state index is 13.7. The molecule has 1 saturated heterocycles. The van der Waals surface area contributed by atoms with E-state index in [1.165, 1.54) is 6.07 Å². The van der Waals surface area contributed by atoms with Crippen LogP contribution in [-0.2, 0) is 4.79 Å². The maximum Gasteiger partial charge on any atom is 0.239 e. The quantitative estimate of drug-likeness (QED) is 0.891. The number of halogens is 1. The highest BCUT2D eigenvalue weighted by Crippen LogP contribution is 2.17. The topological polar surface area (TPSA) is 62.5 Å². The minimum absolute atomic E-state index is 0.00425. The molecule has 2 N–H and O–H groups in total. The normalized spacial score (nSPS) is 16.9. The Kier molecular flexibility index (Phi) is 5.50. The smallest absolute Gasteiger partial charge is 0.239 e. The number of rotatable bonds is 5. The number of carbonyl (C=O) groups excluding carboxylic acids is 1. The van der Waals surface area contributed by atoms with Crippen LogP contribution in [0.3, 0.4) is 0 Å². The molecule has 0 unspecified atom stereocenters. The van der Waals surface area contributed by atoms with E-state index in [9.17, 15) is 9.18 Å². The van der Waals surface area contributed by atoms with Gasteiger partial charge in [0.1, 0.15) is 0 Å². The van der Waals surface area contributed by atoms with Gasteiger partial charge in [-0.15, -0.1) is 0 Å². The summed E-state index contributed by atoms with van der Waals surface area (Å²) in [5.74, 6) is 0.0430. The van der Waals surface area contributed by atoms with Crippen molar-refractivity contribution in [2.24, 2.45) is 5.73 Å². The summed E-state index contributed by atoms with van der Waals surface area (Å²) in [5, 5.41) is 0. The van der Waals surface area contributed by atoms with Gasteiger partial charge in [-0.1, -0.05) is 19.8 Å². The molecule has 0 radical (unpaired) electrons. The lowest BCUT2D eigenvalue weighted by atomic mass is 10.1. The van der Waals surface area contributed by atoms with Crippen molar-refractivity contribution in [3.05, 3.63) is 24.1 Å².